The van der Waals surface area contributed by atoms with Crippen LogP contribution >= 0.6 is 0 Å². The second kappa shape index (κ2) is 5.24. The summed E-state index contributed by atoms with van der Waals surface area (Å²) in [6.45, 7) is 7.64. The van der Waals surface area contributed by atoms with Crippen LogP contribution in [0.5, 0.6) is 0 Å². The van der Waals surface area contributed by atoms with Crippen LogP contribution in [0.25, 0.3) is 21.9 Å². The largest absolute Gasteiger partial charge is 0.461 e. The summed E-state index contributed by atoms with van der Waals surface area (Å²) >= 11 is 0. The zero-order valence-electron chi connectivity index (χ0n) is 14.9. The Morgan fingerprint density at radius 2 is 1.83 bits per heavy atom. The Morgan fingerprint density at radius 1 is 1.13 bits per heavy atom. The lowest BCUT2D eigenvalue weighted by atomic mass is 10.0. The van der Waals surface area contributed by atoms with Crippen LogP contribution in [0.1, 0.15) is 16.9 Å². The van der Waals surface area contributed by atoms with E-state index in [0.717, 1.165) is 49.8 Å². The first-order valence-electron chi connectivity index (χ1n) is 8.02. The molecule has 3 aromatic rings. The first kappa shape index (κ1) is 15.8. The SMILES string of the molecule is Cc1oc2ccc3c(C)cc(=O)n(CC[N+](C)(C)C)c3c2c1C. The highest BCUT2D eigenvalue weighted by molar-refractivity contribution is 6.06. The fourth-order valence-electron chi connectivity index (χ4n) is 3.11. The van der Waals surface area contributed by atoms with Crippen LogP contribution < -0.4 is 5.56 Å². The molecule has 0 spiro atoms. The maximum atomic E-state index is 12.7. The van der Waals surface area contributed by atoms with Gasteiger partial charge >= 0.3 is 0 Å². The Balaban J connectivity index is 2.39. The van der Waals surface area contributed by atoms with Crippen LogP contribution in [0.3, 0.4) is 0 Å². The van der Waals surface area contributed by atoms with E-state index < -0.39 is 0 Å². The van der Waals surface area contributed by atoms with Crippen molar-refractivity contribution in [3.8, 4) is 0 Å². The van der Waals surface area contributed by atoms with Crippen LogP contribution in [-0.2, 0) is 6.54 Å². The standard InChI is InChI=1S/C19H25N2O2/c1-12-11-17(22)20(9-10-21(4,5)6)19-15(12)7-8-16-18(19)13(2)14(3)23-16/h7-8,11H,9-10H2,1-6H3/q+1. The molecule has 122 valence electrons. The summed E-state index contributed by atoms with van der Waals surface area (Å²) < 4.78 is 8.60. The Bertz CT molecular complexity index is 956. The van der Waals surface area contributed by atoms with Gasteiger partial charge in [-0.2, -0.15) is 0 Å². The minimum Gasteiger partial charge on any atom is -0.461 e. The third-order valence-electron chi connectivity index (χ3n) is 4.60. The van der Waals surface area contributed by atoms with Gasteiger partial charge in [0.15, 0.2) is 0 Å². The molecule has 0 saturated heterocycles. The molecular formula is C19H25N2O2+. The molecule has 0 aliphatic heterocycles. The number of benzene rings is 1. The first-order chi connectivity index (χ1) is 10.7. The monoisotopic (exact) mass is 313 g/mol. The predicted octanol–water partition coefficient (Wildman–Crippen LogP) is 3.38. The van der Waals surface area contributed by atoms with E-state index in [1.165, 1.54) is 0 Å². The van der Waals surface area contributed by atoms with E-state index in [4.69, 9.17) is 4.42 Å². The van der Waals surface area contributed by atoms with E-state index in [-0.39, 0.29) is 5.56 Å². The highest BCUT2D eigenvalue weighted by Crippen LogP contribution is 2.32. The van der Waals surface area contributed by atoms with Gasteiger partial charge in [-0.1, -0.05) is 0 Å². The molecule has 2 aromatic heterocycles. The molecule has 0 bridgehead atoms. The maximum Gasteiger partial charge on any atom is 0.251 e. The van der Waals surface area contributed by atoms with Crippen molar-refractivity contribution in [3.63, 3.8) is 0 Å². The van der Waals surface area contributed by atoms with E-state index in [0.29, 0.717) is 6.54 Å². The number of likely N-dealkylation sites (N-methyl/N-ethyl adjacent to an activating group) is 1. The summed E-state index contributed by atoms with van der Waals surface area (Å²) in [7, 11) is 6.43. The summed E-state index contributed by atoms with van der Waals surface area (Å²) in [5.74, 6) is 0.916. The minimum absolute atomic E-state index is 0.0641. The second-order valence-electron chi connectivity index (χ2n) is 7.45. The van der Waals surface area contributed by atoms with Crippen LogP contribution in [-0.4, -0.2) is 36.7 Å². The van der Waals surface area contributed by atoms with Crippen molar-refractivity contribution in [3.05, 3.63) is 45.4 Å². The average Bonchev–Trinajstić information content (AvgIpc) is 2.72. The Labute approximate surface area is 136 Å². The highest BCUT2D eigenvalue weighted by atomic mass is 16.3. The lowest BCUT2D eigenvalue weighted by Gasteiger charge is -2.25. The zero-order valence-corrected chi connectivity index (χ0v) is 14.9. The summed E-state index contributed by atoms with van der Waals surface area (Å²) in [5.41, 5.74) is 4.07. The first-order valence-corrected chi connectivity index (χ1v) is 8.02. The number of aryl methyl sites for hydroxylation is 3. The molecule has 1 aromatic carbocycles. The van der Waals surface area contributed by atoms with Gasteiger partial charge < -0.3 is 13.5 Å². The molecule has 0 N–H and O–H groups in total. The molecule has 23 heavy (non-hydrogen) atoms. The number of hydrogen-bond acceptors (Lipinski definition) is 2. The van der Waals surface area contributed by atoms with E-state index in [2.05, 4.69) is 34.1 Å². The summed E-state index contributed by atoms with van der Waals surface area (Å²) in [4.78, 5) is 12.7. The fraction of sp³-hybridized carbons (Fsp3) is 0.421. The van der Waals surface area contributed by atoms with Gasteiger partial charge in [0.05, 0.1) is 39.7 Å². The third kappa shape index (κ3) is 2.68. The Morgan fingerprint density at radius 3 is 2.48 bits per heavy atom. The smallest absolute Gasteiger partial charge is 0.251 e. The van der Waals surface area contributed by atoms with Gasteiger partial charge in [0.2, 0.25) is 0 Å². The van der Waals surface area contributed by atoms with E-state index in [9.17, 15) is 4.79 Å². The summed E-state index contributed by atoms with van der Waals surface area (Å²) in [6.07, 6.45) is 0. The van der Waals surface area contributed by atoms with E-state index in [1.807, 2.05) is 24.5 Å². The Kier molecular flexibility index (Phi) is 3.60. The number of rotatable bonds is 3. The normalized spacial score (nSPS) is 12.4. The van der Waals surface area contributed by atoms with Gasteiger partial charge in [-0.3, -0.25) is 4.79 Å². The molecule has 4 heteroatoms. The van der Waals surface area contributed by atoms with E-state index in [1.54, 1.807) is 6.07 Å². The molecule has 0 amide bonds. The number of fused-ring (bicyclic) bond motifs is 3. The van der Waals surface area contributed by atoms with Crippen molar-refractivity contribution < 1.29 is 8.90 Å². The van der Waals surface area contributed by atoms with Crippen molar-refractivity contribution in [2.24, 2.45) is 0 Å². The molecule has 0 aliphatic carbocycles. The molecule has 4 nitrogen and oxygen atoms in total. The fourth-order valence-corrected chi connectivity index (χ4v) is 3.11. The number of aromatic nitrogens is 1. The summed E-state index contributed by atoms with van der Waals surface area (Å²) in [6, 6.07) is 5.82. The van der Waals surface area contributed by atoms with Crippen molar-refractivity contribution in [2.45, 2.75) is 27.3 Å². The molecule has 3 rings (SSSR count). The van der Waals surface area contributed by atoms with Crippen molar-refractivity contribution >= 4 is 21.9 Å². The number of furan rings is 1. The molecule has 0 saturated carbocycles. The average molecular weight is 313 g/mol. The number of hydrogen-bond donors (Lipinski definition) is 0. The maximum absolute atomic E-state index is 12.7. The van der Waals surface area contributed by atoms with Crippen LogP contribution in [0.15, 0.2) is 27.4 Å². The zero-order chi connectivity index (χ0) is 16.9. The number of quaternary nitrogens is 1. The van der Waals surface area contributed by atoms with Gasteiger partial charge in [-0.25, -0.2) is 0 Å². The van der Waals surface area contributed by atoms with E-state index >= 15 is 0 Å². The van der Waals surface area contributed by atoms with Crippen molar-refractivity contribution in [1.82, 2.24) is 4.57 Å². The minimum atomic E-state index is 0.0641. The van der Waals surface area contributed by atoms with Gasteiger partial charge in [-0.05, 0) is 38.5 Å². The van der Waals surface area contributed by atoms with Gasteiger partial charge in [0.1, 0.15) is 11.3 Å². The van der Waals surface area contributed by atoms with Crippen LogP contribution in [0.2, 0.25) is 0 Å². The lowest BCUT2D eigenvalue weighted by molar-refractivity contribution is -0.871. The van der Waals surface area contributed by atoms with Crippen LogP contribution in [0.4, 0.5) is 0 Å². The summed E-state index contributed by atoms with van der Waals surface area (Å²) in [5, 5.41) is 2.20. The topological polar surface area (TPSA) is 35.1 Å². The molecule has 0 unspecified atom stereocenters. The van der Waals surface area contributed by atoms with Crippen LogP contribution in [0, 0.1) is 20.8 Å². The predicted molar refractivity (Wildman–Crippen MR) is 95.1 cm³/mol. The van der Waals surface area contributed by atoms with Gasteiger partial charge in [0, 0.05) is 22.4 Å². The molecule has 0 aliphatic rings. The van der Waals surface area contributed by atoms with Crippen molar-refractivity contribution in [1.29, 1.82) is 0 Å². The molecule has 0 atom stereocenters. The van der Waals surface area contributed by atoms with Gasteiger partial charge in [-0.15, -0.1) is 0 Å². The van der Waals surface area contributed by atoms with Gasteiger partial charge in [0.25, 0.3) is 5.56 Å². The molecule has 2 heterocycles. The Hall–Kier alpha value is -2.07. The number of pyridine rings is 1. The highest BCUT2D eigenvalue weighted by Gasteiger charge is 2.17. The number of nitrogens with zero attached hydrogens (tertiary/aromatic N) is 2. The molecular weight excluding hydrogens is 288 g/mol. The van der Waals surface area contributed by atoms with Crippen molar-refractivity contribution in [2.75, 3.05) is 27.7 Å². The molecule has 0 radical (unpaired) electrons. The molecule has 0 fully saturated rings. The quantitative estimate of drug-likeness (QED) is 0.695. The lowest BCUT2D eigenvalue weighted by Crippen LogP contribution is -2.39. The second-order valence-corrected chi connectivity index (χ2v) is 7.45. The third-order valence-corrected chi connectivity index (χ3v) is 4.60.